The molecular weight excluding hydrogens is 210 g/mol. The van der Waals surface area contributed by atoms with Crippen molar-refractivity contribution >= 4 is 9.84 Å². The van der Waals surface area contributed by atoms with Crippen molar-refractivity contribution in [2.45, 2.75) is 24.1 Å². The summed E-state index contributed by atoms with van der Waals surface area (Å²) in [5.41, 5.74) is 7.99. The average Bonchev–Trinajstić information content (AvgIpc) is 2.78. The second kappa shape index (κ2) is 3.32. The Labute approximate surface area is 90.2 Å². The number of sulfone groups is 1. The highest BCUT2D eigenvalue weighted by molar-refractivity contribution is 7.91. The molecule has 3 atom stereocenters. The van der Waals surface area contributed by atoms with Crippen LogP contribution >= 0.6 is 0 Å². The summed E-state index contributed by atoms with van der Waals surface area (Å²) >= 11 is 0. The molecule has 1 aromatic carbocycles. The SMILES string of the molecule is Cc1ccc([C@@H]2[C@@H](N)[C@H]2S(C)(=O)=O)cc1. The van der Waals surface area contributed by atoms with E-state index in [0.717, 1.165) is 5.56 Å². The van der Waals surface area contributed by atoms with E-state index >= 15 is 0 Å². The minimum Gasteiger partial charge on any atom is -0.326 e. The van der Waals surface area contributed by atoms with Gasteiger partial charge in [0, 0.05) is 18.2 Å². The summed E-state index contributed by atoms with van der Waals surface area (Å²) in [5.74, 6) is -0.0133. The predicted molar refractivity (Wildman–Crippen MR) is 60.5 cm³/mol. The summed E-state index contributed by atoms with van der Waals surface area (Å²) < 4.78 is 22.7. The maximum atomic E-state index is 11.4. The molecule has 0 spiro atoms. The van der Waals surface area contributed by atoms with Crippen LogP contribution in [-0.4, -0.2) is 26.0 Å². The van der Waals surface area contributed by atoms with Crippen LogP contribution in [0.25, 0.3) is 0 Å². The predicted octanol–water partition coefficient (Wildman–Crippen LogP) is 0.833. The Morgan fingerprint density at radius 3 is 2.13 bits per heavy atom. The van der Waals surface area contributed by atoms with Crippen molar-refractivity contribution in [3.8, 4) is 0 Å². The number of nitrogens with two attached hydrogens (primary N) is 1. The van der Waals surface area contributed by atoms with E-state index in [2.05, 4.69) is 0 Å². The van der Waals surface area contributed by atoms with Gasteiger partial charge in [-0.1, -0.05) is 29.8 Å². The molecule has 2 rings (SSSR count). The number of hydrogen-bond donors (Lipinski definition) is 1. The quantitative estimate of drug-likeness (QED) is 0.811. The first-order valence-corrected chi connectivity index (χ1v) is 6.88. The van der Waals surface area contributed by atoms with E-state index in [1.54, 1.807) is 0 Å². The van der Waals surface area contributed by atoms with Gasteiger partial charge < -0.3 is 5.73 Å². The van der Waals surface area contributed by atoms with Gasteiger partial charge in [0.1, 0.15) is 0 Å². The van der Waals surface area contributed by atoms with Crippen molar-refractivity contribution in [3.63, 3.8) is 0 Å². The van der Waals surface area contributed by atoms with Gasteiger partial charge in [0.15, 0.2) is 9.84 Å². The third-order valence-electron chi connectivity index (χ3n) is 2.96. The lowest BCUT2D eigenvalue weighted by Crippen LogP contribution is -2.13. The van der Waals surface area contributed by atoms with Gasteiger partial charge in [0.25, 0.3) is 0 Å². The molecule has 4 heteroatoms. The van der Waals surface area contributed by atoms with Crippen molar-refractivity contribution in [3.05, 3.63) is 35.4 Å². The summed E-state index contributed by atoms with van der Waals surface area (Å²) in [6, 6.07) is 7.66. The highest BCUT2D eigenvalue weighted by Crippen LogP contribution is 2.44. The lowest BCUT2D eigenvalue weighted by Gasteiger charge is -1.99. The first kappa shape index (κ1) is 10.6. The highest BCUT2D eigenvalue weighted by atomic mass is 32.2. The van der Waals surface area contributed by atoms with Crippen LogP contribution in [0.3, 0.4) is 0 Å². The van der Waals surface area contributed by atoms with Crippen LogP contribution in [0.5, 0.6) is 0 Å². The third kappa shape index (κ3) is 1.92. The maximum absolute atomic E-state index is 11.4. The van der Waals surface area contributed by atoms with E-state index in [0.29, 0.717) is 0 Å². The van der Waals surface area contributed by atoms with Crippen LogP contribution in [0.15, 0.2) is 24.3 Å². The molecular formula is C11H15NO2S. The first-order valence-electron chi connectivity index (χ1n) is 4.92. The molecule has 0 radical (unpaired) electrons. The van der Waals surface area contributed by atoms with Crippen LogP contribution in [0.1, 0.15) is 17.0 Å². The molecule has 1 aromatic rings. The Morgan fingerprint density at radius 2 is 1.73 bits per heavy atom. The number of hydrogen-bond acceptors (Lipinski definition) is 3. The maximum Gasteiger partial charge on any atom is 0.152 e. The first-order chi connectivity index (χ1) is 6.91. The van der Waals surface area contributed by atoms with Gasteiger partial charge in [-0.3, -0.25) is 0 Å². The lowest BCUT2D eigenvalue weighted by atomic mass is 10.1. The van der Waals surface area contributed by atoms with E-state index < -0.39 is 9.84 Å². The van der Waals surface area contributed by atoms with Crippen molar-refractivity contribution in [1.29, 1.82) is 0 Å². The van der Waals surface area contributed by atoms with Crippen LogP contribution < -0.4 is 5.73 Å². The molecule has 82 valence electrons. The second-order valence-electron chi connectivity index (χ2n) is 4.31. The fourth-order valence-corrected chi connectivity index (χ4v) is 3.58. The van der Waals surface area contributed by atoms with Gasteiger partial charge in [-0.2, -0.15) is 0 Å². The normalized spacial score (nSPS) is 30.2. The van der Waals surface area contributed by atoms with E-state index in [9.17, 15) is 8.42 Å². The van der Waals surface area contributed by atoms with Gasteiger partial charge >= 0.3 is 0 Å². The monoisotopic (exact) mass is 225 g/mol. The van der Waals surface area contributed by atoms with E-state index in [-0.39, 0.29) is 17.2 Å². The summed E-state index contributed by atoms with van der Waals surface area (Å²) in [5, 5.41) is -0.389. The Kier molecular flexibility index (Phi) is 2.35. The zero-order valence-electron chi connectivity index (χ0n) is 8.84. The lowest BCUT2D eigenvalue weighted by molar-refractivity contribution is 0.599. The van der Waals surface area contributed by atoms with Gasteiger partial charge in [-0.15, -0.1) is 0 Å². The topological polar surface area (TPSA) is 60.2 Å². The van der Waals surface area contributed by atoms with Crippen LogP contribution in [0.2, 0.25) is 0 Å². The second-order valence-corrected chi connectivity index (χ2v) is 6.51. The number of rotatable bonds is 2. The summed E-state index contributed by atoms with van der Waals surface area (Å²) in [7, 11) is -3.01. The average molecular weight is 225 g/mol. The van der Waals surface area contributed by atoms with Gasteiger partial charge in [-0.25, -0.2) is 8.42 Å². The molecule has 3 nitrogen and oxygen atoms in total. The molecule has 1 aliphatic rings. The summed E-state index contributed by atoms with van der Waals surface area (Å²) in [6.07, 6.45) is 1.26. The van der Waals surface area contributed by atoms with Crippen molar-refractivity contribution in [2.24, 2.45) is 5.73 Å². The molecule has 1 aliphatic carbocycles. The smallest absolute Gasteiger partial charge is 0.152 e. The Balaban J connectivity index is 2.26. The molecule has 0 amide bonds. The Morgan fingerprint density at radius 1 is 1.20 bits per heavy atom. The van der Waals surface area contributed by atoms with Gasteiger partial charge in [0.2, 0.25) is 0 Å². The molecule has 0 heterocycles. The van der Waals surface area contributed by atoms with Crippen molar-refractivity contribution in [2.75, 3.05) is 6.26 Å². The highest BCUT2D eigenvalue weighted by Gasteiger charge is 2.54. The van der Waals surface area contributed by atoms with Crippen LogP contribution in [0, 0.1) is 6.92 Å². The van der Waals surface area contributed by atoms with Crippen LogP contribution in [-0.2, 0) is 9.84 Å². The molecule has 0 bridgehead atoms. The minimum atomic E-state index is -3.01. The zero-order valence-corrected chi connectivity index (χ0v) is 9.66. The molecule has 2 N–H and O–H groups in total. The molecule has 15 heavy (non-hydrogen) atoms. The fraction of sp³-hybridized carbons (Fsp3) is 0.455. The number of aryl methyl sites for hydroxylation is 1. The van der Waals surface area contributed by atoms with E-state index in [4.69, 9.17) is 5.73 Å². The van der Waals surface area contributed by atoms with E-state index in [1.807, 2.05) is 31.2 Å². The van der Waals surface area contributed by atoms with Crippen LogP contribution in [0.4, 0.5) is 0 Å². The minimum absolute atomic E-state index is 0.0133. The third-order valence-corrected chi connectivity index (χ3v) is 4.56. The standard InChI is InChI=1S/C11H15NO2S/c1-7-3-5-8(6-4-7)9-10(12)11(9)15(2,13)14/h3-6,9-11H,12H2,1-2H3/t9-,10-,11+/m1/s1. The molecule has 1 fully saturated rings. The van der Waals surface area contributed by atoms with Crippen molar-refractivity contribution in [1.82, 2.24) is 0 Å². The largest absolute Gasteiger partial charge is 0.326 e. The molecule has 1 saturated carbocycles. The zero-order chi connectivity index (χ0) is 11.2. The molecule has 0 aromatic heterocycles. The Hall–Kier alpha value is -0.870. The Bertz CT molecular complexity index is 464. The number of benzene rings is 1. The molecule has 0 saturated heterocycles. The van der Waals surface area contributed by atoms with E-state index in [1.165, 1.54) is 11.8 Å². The molecule has 0 aliphatic heterocycles. The van der Waals surface area contributed by atoms with Gasteiger partial charge in [-0.05, 0) is 12.5 Å². The van der Waals surface area contributed by atoms with Crippen molar-refractivity contribution < 1.29 is 8.42 Å². The summed E-state index contributed by atoms with van der Waals surface area (Å²) in [4.78, 5) is 0. The van der Waals surface area contributed by atoms with Gasteiger partial charge in [0.05, 0.1) is 5.25 Å². The fourth-order valence-electron chi connectivity index (χ4n) is 2.06. The summed E-state index contributed by atoms with van der Waals surface area (Å²) in [6.45, 7) is 2.00. The molecule has 0 unspecified atom stereocenters.